The van der Waals surface area contributed by atoms with Crippen molar-refractivity contribution in [1.29, 1.82) is 0 Å². The maximum atomic E-state index is 13.9. The van der Waals surface area contributed by atoms with Crippen LogP contribution in [0.25, 0.3) is 0 Å². The summed E-state index contributed by atoms with van der Waals surface area (Å²) in [5.41, 5.74) is 3.19. The minimum atomic E-state index is -5.05. The summed E-state index contributed by atoms with van der Waals surface area (Å²) >= 11 is 0. The number of aromatic amines is 2. The van der Waals surface area contributed by atoms with Gasteiger partial charge in [-0.05, 0) is 95.6 Å². The molecule has 2 aromatic carbocycles. The molecule has 114 heavy (non-hydrogen) atoms. The summed E-state index contributed by atoms with van der Waals surface area (Å²) < 4.78 is 37.8. The molecule has 2 saturated heterocycles. The average Bonchev–Trinajstić information content (AvgIpc) is 1.75. The lowest BCUT2D eigenvalue weighted by Gasteiger charge is -2.28. The number of rotatable bonds is 45. The van der Waals surface area contributed by atoms with Gasteiger partial charge < -0.3 is 102 Å². The molecule has 2 unspecified atom stereocenters. The van der Waals surface area contributed by atoms with Crippen LogP contribution in [-0.2, 0) is 111 Å². The molecule has 0 spiro atoms. The molecule has 630 valence electrons. The molecule has 0 saturated carbocycles. The Balaban J connectivity index is 0.000000407. The largest absolute Gasteiger partial charge is 0.469 e. The van der Waals surface area contributed by atoms with Gasteiger partial charge in [0.05, 0.1) is 50.7 Å². The first-order valence-electron chi connectivity index (χ1n) is 37.3. The van der Waals surface area contributed by atoms with E-state index in [1.165, 1.54) is 54.3 Å². The lowest BCUT2D eigenvalue weighted by atomic mass is 10.0. The second kappa shape index (κ2) is 46.7. The average molecular weight is 1640 g/mol. The smallest absolute Gasteiger partial charge is 0.394 e. The molecule has 0 radical (unpaired) electrons. The standard InChI is InChI=1S/C37H56N7O12P.C36H53N8O12P/c1-22(2)15-29(41-37(51)32-17-28(19-44(32)25(5)47)55-14-10-9-13-26-11-7-6-8-12-26)34(48)40-30(16-27-18-38-21-39-27)35(49)42-31(20-45)36(50)43-33(23(3)46)24(4)56-57(52,53)54;1-21(2)14-28(41-36(51)31-16-27(18-44(31)24(5)47)55-39-13-9-12-25-10-7-6-8-11-25)33(48)40-29(15-26-17-37-20-38-26)34(49)42-30(19-45)35(50)43-32(22(3)46)23(4)56-57(52,53)54/h6-8,11-12,18,21-22,24,28-33,45H,9-10,13-17,19-20H2,1-5H3,(H,38,39)(H,40,48)(H,41,51)(H,42,49)(H,43,50)(H2,52,53,54);6-8,10-11,13,17,20-21,23,27-32,45H,9,12,14-16,18-19H2,1-5H3,(H,37,38)(H,40,48)(H,41,51)(H,42,49)(H,43,50)(H2,52,53,54)/b;39-13+/t24-,28?,29+,30+,31+,32+,33-;23-,27?,28+,29+,30+,31+,32-/m11/s1. The minimum Gasteiger partial charge on any atom is -0.394 e. The first-order valence-corrected chi connectivity index (χ1v) is 40.3. The zero-order valence-electron chi connectivity index (χ0n) is 65.4. The van der Waals surface area contributed by atoms with Crippen LogP contribution < -0.4 is 42.5 Å². The number of hydrogen-bond donors (Lipinski definition) is 16. The van der Waals surface area contributed by atoms with Gasteiger partial charge in [0.1, 0.15) is 66.5 Å². The van der Waals surface area contributed by atoms with Gasteiger partial charge in [0.2, 0.25) is 59.1 Å². The van der Waals surface area contributed by atoms with E-state index in [9.17, 15) is 76.9 Å². The van der Waals surface area contributed by atoms with Crippen molar-refractivity contribution in [2.24, 2.45) is 17.0 Å². The van der Waals surface area contributed by atoms with E-state index in [0.717, 1.165) is 58.9 Å². The van der Waals surface area contributed by atoms with E-state index < -0.39 is 166 Å². The number of aliphatic hydroxyl groups is 2. The highest BCUT2D eigenvalue weighted by Gasteiger charge is 2.44. The summed E-state index contributed by atoms with van der Waals surface area (Å²) in [5, 5.41) is 43.9. The van der Waals surface area contributed by atoms with Crippen LogP contribution in [0.4, 0.5) is 0 Å². The van der Waals surface area contributed by atoms with E-state index in [1.807, 2.05) is 76.2 Å². The second-order valence-corrected chi connectivity index (χ2v) is 31.1. The zero-order valence-corrected chi connectivity index (χ0v) is 67.2. The highest BCUT2D eigenvalue weighted by molar-refractivity contribution is 7.46. The Labute approximate surface area is 660 Å². The van der Waals surface area contributed by atoms with Crippen molar-refractivity contribution in [3.05, 3.63) is 108 Å². The predicted molar refractivity (Wildman–Crippen MR) is 408 cm³/mol. The predicted octanol–water partition coefficient (Wildman–Crippen LogP) is -0.313. The second-order valence-electron chi connectivity index (χ2n) is 28.7. The highest BCUT2D eigenvalue weighted by Crippen LogP contribution is 2.39. The van der Waals surface area contributed by atoms with Crippen molar-refractivity contribution in [2.45, 2.75) is 225 Å². The molecule has 16 N–H and O–H groups in total. The number of ketones is 2. The number of nitrogens with zero attached hydrogens (tertiary/aromatic N) is 5. The normalized spacial score (nSPS) is 18.3. The molecule has 2 fully saturated rings. The lowest BCUT2D eigenvalue weighted by molar-refractivity contribution is -0.139. The number of aromatic nitrogens is 4. The maximum Gasteiger partial charge on any atom is 0.469 e. The van der Waals surface area contributed by atoms with Gasteiger partial charge >= 0.3 is 15.6 Å². The third-order valence-corrected chi connectivity index (χ3v) is 19.5. The number of phosphoric ester groups is 2. The van der Waals surface area contributed by atoms with E-state index in [2.05, 4.69) is 88.8 Å². The van der Waals surface area contributed by atoms with Crippen LogP contribution in [0.1, 0.15) is 137 Å². The zero-order chi connectivity index (χ0) is 84.6. The van der Waals surface area contributed by atoms with E-state index >= 15 is 0 Å². The number of ether oxygens (including phenoxy) is 1. The van der Waals surface area contributed by atoms with E-state index in [0.29, 0.717) is 24.4 Å². The van der Waals surface area contributed by atoms with Crippen LogP contribution in [0.5, 0.6) is 0 Å². The number of Topliss-reactive ketones (excluding diaryl/α,β-unsaturated/α-hetero) is 2. The Bertz CT molecular complexity index is 3930. The number of nitrogens with one attached hydrogen (secondary N) is 10. The van der Waals surface area contributed by atoms with Crippen LogP contribution >= 0.6 is 15.6 Å². The number of carbonyl (C=O) groups excluding carboxylic acids is 12. The van der Waals surface area contributed by atoms with Gasteiger partial charge in [0.15, 0.2) is 11.6 Å². The Morgan fingerprint density at radius 1 is 0.518 bits per heavy atom. The summed E-state index contributed by atoms with van der Waals surface area (Å²) in [7, 11) is -10.1. The number of imidazole rings is 2. The number of phosphoric acid groups is 2. The molecule has 14 atom stereocenters. The van der Waals surface area contributed by atoms with Gasteiger partial charge in [-0.25, -0.2) is 19.1 Å². The molecule has 39 nitrogen and oxygen atoms in total. The Morgan fingerprint density at radius 2 is 0.895 bits per heavy atom. The van der Waals surface area contributed by atoms with Gasteiger partial charge in [-0.3, -0.25) is 66.6 Å². The molecular weight excluding hydrogens is 1530 g/mol. The van der Waals surface area contributed by atoms with E-state index in [-0.39, 0.29) is 81.4 Å². The summed E-state index contributed by atoms with van der Waals surface area (Å²) in [6, 6.07) is 6.45. The Kier molecular flexibility index (Phi) is 39.0. The van der Waals surface area contributed by atoms with Gasteiger partial charge in [0, 0.05) is 82.7 Å². The summed E-state index contributed by atoms with van der Waals surface area (Å²) in [6.45, 7) is 13.2. The fourth-order valence-electron chi connectivity index (χ4n) is 12.6. The van der Waals surface area contributed by atoms with Crippen LogP contribution in [0.15, 0.2) is 90.9 Å². The van der Waals surface area contributed by atoms with Gasteiger partial charge in [0.25, 0.3) is 0 Å². The van der Waals surface area contributed by atoms with Gasteiger partial charge in [-0.15, -0.1) is 0 Å². The first kappa shape index (κ1) is 95.1. The maximum absolute atomic E-state index is 13.9. The van der Waals surface area contributed by atoms with Crippen LogP contribution in [0.2, 0.25) is 0 Å². The molecule has 2 aliphatic rings. The minimum absolute atomic E-state index is 0.0965. The number of aliphatic hydroxyl groups excluding tert-OH is 2. The topological polar surface area (TPSA) is 570 Å². The monoisotopic (exact) mass is 1640 g/mol. The molecule has 0 bridgehead atoms. The number of unbranched alkanes of at least 4 members (excludes halogenated alkanes) is 1. The number of carbonyl (C=O) groups is 12. The van der Waals surface area contributed by atoms with E-state index in [1.54, 1.807) is 6.21 Å². The lowest BCUT2D eigenvalue weighted by Crippen LogP contribution is -2.60. The first-order chi connectivity index (χ1) is 53.8. The number of likely N-dealkylation sites (tertiary alicyclic amines) is 2. The number of hydrogen-bond acceptors (Lipinski definition) is 23. The van der Waals surface area contributed by atoms with Crippen molar-refractivity contribution < 1.29 is 115 Å². The fraction of sp³-hybridized carbons (Fsp3) is 0.575. The Hall–Kier alpha value is -9.53. The molecule has 41 heteroatoms. The highest BCUT2D eigenvalue weighted by atomic mass is 31.2. The number of amides is 10. The van der Waals surface area contributed by atoms with Crippen molar-refractivity contribution in [1.82, 2.24) is 72.3 Å². The van der Waals surface area contributed by atoms with Crippen molar-refractivity contribution in [3.8, 4) is 0 Å². The van der Waals surface area contributed by atoms with Crippen LogP contribution in [0.3, 0.4) is 0 Å². The SMILES string of the molecule is CC(=O)[C@@H](NC(=O)[C@H](CO)NC(=O)[C@H](Cc1cnc[nH]1)NC(=O)[C@H](CC(C)C)NC(=O)[C@@H]1CC(O/N=C/CCc2ccccc2)CN1C(C)=O)[C@@H](C)OP(=O)(O)O.CC(=O)[C@@H](NC(=O)[C@H](CO)NC(=O)[C@H](Cc1cnc[nH]1)NC(=O)[C@H](CC(C)C)NC(=O)[C@@H]1CC(OCCCCc2ccccc2)CN1C(C)=O)[C@@H](C)OP(=O)(O)O. The molecule has 4 aromatic rings. The Morgan fingerprint density at radius 3 is 1.26 bits per heavy atom. The summed E-state index contributed by atoms with van der Waals surface area (Å²) in [4.78, 5) is 217. The summed E-state index contributed by atoms with van der Waals surface area (Å²) in [5.74, 6) is -9.10. The molecule has 0 aliphatic carbocycles. The molecular formula is C73H109N15O24P2. The number of H-pyrrole nitrogens is 2. The number of oxime groups is 1. The molecule has 4 heterocycles. The fourth-order valence-corrected chi connectivity index (χ4v) is 13.7. The van der Waals surface area contributed by atoms with Crippen molar-refractivity contribution >= 4 is 92.5 Å². The van der Waals surface area contributed by atoms with Gasteiger partial charge in [-0.1, -0.05) is 93.5 Å². The number of benzene rings is 2. The number of aryl methyl sites for hydroxylation is 2. The van der Waals surface area contributed by atoms with Crippen molar-refractivity contribution in [2.75, 3.05) is 32.9 Å². The third-order valence-electron chi connectivity index (χ3n) is 18.2. The molecule has 10 amide bonds. The molecule has 6 rings (SSSR count). The third kappa shape index (κ3) is 33.1. The van der Waals surface area contributed by atoms with Crippen molar-refractivity contribution in [3.63, 3.8) is 0 Å². The van der Waals surface area contributed by atoms with Crippen LogP contribution in [-0.4, -0.2) is 254 Å². The molecule has 2 aromatic heterocycles. The van der Waals surface area contributed by atoms with Gasteiger partial charge in [-0.2, -0.15) is 0 Å². The molecule has 2 aliphatic heterocycles. The quantitative estimate of drug-likeness (QED) is 0.0117. The van der Waals surface area contributed by atoms with Crippen LogP contribution in [0, 0.1) is 11.8 Å². The van der Waals surface area contributed by atoms with E-state index in [4.69, 9.17) is 29.1 Å². The summed E-state index contributed by atoms with van der Waals surface area (Å²) in [6.07, 6.45) is 7.48.